The van der Waals surface area contributed by atoms with Crippen LogP contribution in [0, 0.1) is 10.1 Å². The van der Waals surface area contributed by atoms with Gasteiger partial charge in [0.1, 0.15) is 5.82 Å². The minimum Gasteiger partial charge on any atom is -0.409 e. The summed E-state index contributed by atoms with van der Waals surface area (Å²) in [6, 6.07) is 2.15. The number of nitrogens with zero attached hydrogens (tertiary/aromatic N) is 4. The van der Waals surface area contributed by atoms with Crippen LogP contribution in [-0.2, 0) is 0 Å². The third kappa shape index (κ3) is 4.21. The minimum absolute atomic E-state index is 0.0587. The molecule has 0 saturated heterocycles. The molecule has 0 aliphatic carbocycles. The molecule has 0 radical (unpaired) electrons. The van der Waals surface area contributed by atoms with E-state index in [1.54, 1.807) is 0 Å². The number of hydrogen-bond donors (Lipinski definition) is 3. The third-order valence-corrected chi connectivity index (χ3v) is 2.46. The zero-order chi connectivity index (χ0) is 16.0. The molecule has 0 spiro atoms. The number of alkyl halides is 2. The number of anilines is 1. The SMILES string of the molecule is N/C(=N/O)c1nc(N(CCO)CC(F)F)ccc1[N+](=O)[O-]. The van der Waals surface area contributed by atoms with Gasteiger partial charge < -0.3 is 20.9 Å². The van der Waals surface area contributed by atoms with Crippen LogP contribution in [0.1, 0.15) is 5.69 Å². The second kappa shape index (κ2) is 7.28. The Morgan fingerprint density at radius 1 is 1.57 bits per heavy atom. The molecular formula is C10H13F2N5O4. The third-order valence-electron chi connectivity index (χ3n) is 2.46. The molecule has 0 aliphatic heterocycles. The van der Waals surface area contributed by atoms with Crippen molar-refractivity contribution in [3.8, 4) is 0 Å². The van der Waals surface area contributed by atoms with Gasteiger partial charge in [0.15, 0.2) is 11.5 Å². The molecule has 4 N–H and O–H groups in total. The highest BCUT2D eigenvalue weighted by Crippen LogP contribution is 2.21. The van der Waals surface area contributed by atoms with Crippen molar-refractivity contribution in [3.05, 3.63) is 27.9 Å². The number of aliphatic hydroxyl groups excluding tert-OH is 1. The van der Waals surface area contributed by atoms with Gasteiger partial charge in [-0.05, 0) is 6.07 Å². The molecule has 0 aliphatic rings. The van der Waals surface area contributed by atoms with Gasteiger partial charge in [-0.3, -0.25) is 10.1 Å². The molecule has 0 fully saturated rings. The van der Waals surface area contributed by atoms with Crippen molar-refractivity contribution in [3.63, 3.8) is 0 Å². The molecule has 0 unspecified atom stereocenters. The van der Waals surface area contributed by atoms with E-state index in [9.17, 15) is 18.9 Å². The number of pyridine rings is 1. The van der Waals surface area contributed by atoms with E-state index in [2.05, 4.69) is 10.1 Å². The molecule has 0 saturated carbocycles. The van der Waals surface area contributed by atoms with Crippen LogP contribution in [-0.4, -0.2) is 52.2 Å². The fraction of sp³-hybridized carbons (Fsp3) is 0.400. The van der Waals surface area contributed by atoms with Crippen LogP contribution < -0.4 is 10.6 Å². The topological polar surface area (TPSA) is 138 Å². The van der Waals surface area contributed by atoms with E-state index in [1.165, 1.54) is 0 Å². The Bertz CT molecular complexity index is 540. The Morgan fingerprint density at radius 2 is 2.24 bits per heavy atom. The van der Waals surface area contributed by atoms with Crippen LogP contribution in [0.4, 0.5) is 20.3 Å². The molecule has 1 rings (SSSR count). The van der Waals surface area contributed by atoms with Gasteiger partial charge in [0.25, 0.3) is 12.1 Å². The van der Waals surface area contributed by atoms with E-state index in [1.807, 2.05) is 0 Å². The summed E-state index contributed by atoms with van der Waals surface area (Å²) >= 11 is 0. The number of nitro groups is 1. The molecule has 0 aromatic carbocycles. The maximum absolute atomic E-state index is 12.5. The van der Waals surface area contributed by atoms with E-state index in [0.717, 1.165) is 17.0 Å². The molecular weight excluding hydrogens is 292 g/mol. The average molecular weight is 305 g/mol. The van der Waals surface area contributed by atoms with E-state index < -0.39 is 41.7 Å². The Balaban J connectivity index is 3.27. The van der Waals surface area contributed by atoms with Gasteiger partial charge in [-0.1, -0.05) is 5.16 Å². The molecule has 9 nitrogen and oxygen atoms in total. The first-order valence-corrected chi connectivity index (χ1v) is 5.68. The molecule has 1 heterocycles. The number of hydrogen-bond acceptors (Lipinski definition) is 7. The lowest BCUT2D eigenvalue weighted by molar-refractivity contribution is -0.385. The highest BCUT2D eigenvalue weighted by molar-refractivity contribution is 5.99. The normalized spacial score (nSPS) is 11.7. The second-order valence-electron chi connectivity index (χ2n) is 3.84. The van der Waals surface area contributed by atoms with Crippen LogP contribution in [0.15, 0.2) is 17.3 Å². The quantitative estimate of drug-likeness (QED) is 0.214. The van der Waals surface area contributed by atoms with Crippen molar-refractivity contribution < 1.29 is 24.0 Å². The Hall–Kier alpha value is -2.56. The van der Waals surface area contributed by atoms with Crippen LogP contribution >= 0.6 is 0 Å². The summed E-state index contributed by atoms with van der Waals surface area (Å²) in [5.74, 6) is -0.680. The van der Waals surface area contributed by atoms with Crippen LogP contribution in [0.5, 0.6) is 0 Å². The largest absolute Gasteiger partial charge is 0.409 e. The number of rotatable bonds is 7. The molecule has 116 valence electrons. The van der Waals surface area contributed by atoms with Crippen LogP contribution in [0.25, 0.3) is 0 Å². The summed E-state index contributed by atoms with van der Waals surface area (Å²) in [6.45, 7) is -1.28. The highest BCUT2D eigenvalue weighted by Gasteiger charge is 2.22. The Labute approximate surface area is 117 Å². The van der Waals surface area contributed by atoms with Gasteiger partial charge in [0, 0.05) is 12.6 Å². The lowest BCUT2D eigenvalue weighted by atomic mass is 10.2. The first-order valence-electron chi connectivity index (χ1n) is 5.68. The average Bonchev–Trinajstić information content (AvgIpc) is 2.44. The summed E-state index contributed by atoms with van der Waals surface area (Å²) in [4.78, 5) is 14.8. The lowest BCUT2D eigenvalue weighted by Gasteiger charge is -2.22. The molecule has 11 heteroatoms. The van der Waals surface area contributed by atoms with Gasteiger partial charge in [-0.25, -0.2) is 13.8 Å². The van der Waals surface area contributed by atoms with Crippen LogP contribution in [0.2, 0.25) is 0 Å². The van der Waals surface area contributed by atoms with Crippen molar-refractivity contribution in [1.82, 2.24) is 4.98 Å². The Morgan fingerprint density at radius 3 is 2.71 bits per heavy atom. The smallest absolute Gasteiger partial charge is 0.298 e. The monoisotopic (exact) mass is 305 g/mol. The molecule has 21 heavy (non-hydrogen) atoms. The van der Waals surface area contributed by atoms with Crippen LogP contribution in [0.3, 0.4) is 0 Å². The van der Waals surface area contributed by atoms with Gasteiger partial charge in [0.05, 0.1) is 18.1 Å². The van der Waals surface area contributed by atoms with Gasteiger partial charge in [-0.2, -0.15) is 0 Å². The molecule has 0 bridgehead atoms. The van der Waals surface area contributed by atoms with Gasteiger partial charge in [0.2, 0.25) is 0 Å². The zero-order valence-electron chi connectivity index (χ0n) is 10.7. The fourth-order valence-corrected chi connectivity index (χ4v) is 1.59. The van der Waals surface area contributed by atoms with E-state index >= 15 is 0 Å². The van der Waals surface area contributed by atoms with Gasteiger partial charge >= 0.3 is 0 Å². The van der Waals surface area contributed by atoms with Crippen molar-refractivity contribution in [1.29, 1.82) is 0 Å². The van der Waals surface area contributed by atoms with E-state index in [-0.39, 0.29) is 12.4 Å². The van der Waals surface area contributed by atoms with Crippen molar-refractivity contribution in [2.24, 2.45) is 10.9 Å². The second-order valence-corrected chi connectivity index (χ2v) is 3.84. The van der Waals surface area contributed by atoms with Crippen molar-refractivity contribution >= 4 is 17.3 Å². The number of aliphatic hydroxyl groups is 1. The summed E-state index contributed by atoms with van der Waals surface area (Å²) in [5, 5.41) is 30.9. The molecule has 1 aromatic rings. The molecule has 1 aromatic heterocycles. The van der Waals surface area contributed by atoms with E-state index in [0.29, 0.717) is 0 Å². The Kier molecular flexibility index (Phi) is 5.72. The minimum atomic E-state index is -2.69. The van der Waals surface area contributed by atoms with E-state index in [4.69, 9.17) is 16.0 Å². The first-order chi connectivity index (χ1) is 9.90. The lowest BCUT2D eigenvalue weighted by Crippen LogP contribution is -2.33. The zero-order valence-corrected chi connectivity index (χ0v) is 10.7. The maximum atomic E-state index is 12.5. The highest BCUT2D eigenvalue weighted by atomic mass is 19.3. The number of aromatic nitrogens is 1. The number of halogens is 2. The standard InChI is InChI=1S/C10H13F2N5O4/c11-7(12)5-16(3-4-18)8-2-1-6(17(20)21)9(14-8)10(13)15-19/h1-2,7,18-19H,3-5H2,(H2,13,15). The predicted octanol–water partition coefficient (Wildman–Crippen LogP) is 0.148. The number of amidine groups is 1. The van der Waals surface area contributed by atoms with Crippen molar-refractivity contribution in [2.45, 2.75) is 6.43 Å². The van der Waals surface area contributed by atoms with Gasteiger partial charge in [-0.15, -0.1) is 0 Å². The molecule has 0 atom stereocenters. The fourth-order valence-electron chi connectivity index (χ4n) is 1.59. The molecule has 0 amide bonds. The first kappa shape index (κ1) is 16.5. The summed E-state index contributed by atoms with van der Waals surface area (Å²) < 4.78 is 25.0. The predicted molar refractivity (Wildman–Crippen MR) is 68.7 cm³/mol. The summed E-state index contributed by atoms with van der Waals surface area (Å²) in [6.07, 6.45) is -2.69. The number of nitrogens with two attached hydrogens (primary N) is 1. The summed E-state index contributed by atoms with van der Waals surface area (Å²) in [5.41, 5.74) is 4.31. The van der Waals surface area contributed by atoms with Crippen molar-refractivity contribution in [2.75, 3.05) is 24.6 Å². The summed E-state index contributed by atoms with van der Waals surface area (Å²) in [7, 11) is 0. The number of oxime groups is 1. The maximum Gasteiger partial charge on any atom is 0.298 e.